The summed E-state index contributed by atoms with van der Waals surface area (Å²) >= 11 is 0. The maximum Gasteiger partial charge on any atom is 0.310 e. The molecule has 0 aromatic heterocycles. The van der Waals surface area contributed by atoms with Gasteiger partial charge in [-0.3, -0.25) is 24.0 Å². The van der Waals surface area contributed by atoms with Crippen LogP contribution in [0, 0.1) is 0 Å². The molecule has 0 aromatic rings. The molecule has 0 rings (SSSR count). The molecule has 0 aliphatic carbocycles. The molecule has 0 aliphatic heterocycles. The van der Waals surface area contributed by atoms with Gasteiger partial charge in [0.1, 0.15) is 17.6 Å². The lowest BCUT2D eigenvalue weighted by Gasteiger charge is -2.49. The number of carbonyl (C=O) groups is 5. The Morgan fingerprint density at radius 1 is 0.654 bits per heavy atom. The van der Waals surface area contributed by atoms with E-state index in [4.69, 9.17) is 20.4 Å². The number of aliphatic hydroxyl groups is 4. The summed E-state index contributed by atoms with van der Waals surface area (Å²) < 4.78 is 0. The van der Waals surface area contributed by atoms with Gasteiger partial charge in [0.05, 0.1) is 25.9 Å². The fraction of sp³-hybridized carbons (Fsp3) is 0.615. The van der Waals surface area contributed by atoms with Crippen molar-refractivity contribution in [2.75, 3.05) is 6.61 Å². The molecule has 13 heteroatoms. The highest BCUT2D eigenvalue weighted by Crippen LogP contribution is 2.41. The van der Waals surface area contributed by atoms with Gasteiger partial charge in [-0.25, -0.2) is 0 Å². The summed E-state index contributed by atoms with van der Waals surface area (Å²) in [6.07, 6.45) is -6.74. The van der Waals surface area contributed by atoms with Crippen LogP contribution in [0.1, 0.15) is 25.7 Å². The third-order valence-electron chi connectivity index (χ3n) is 3.75. The predicted molar refractivity (Wildman–Crippen MR) is 76.0 cm³/mol. The Labute approximate surface area is 144 Å². The second kappa shape index (κ2) is 8.18. The molecule has 0 spiro atoms. The summed E-state index contributed by atoms with van der Waals surface area (Å²) in [4.78, 5) is 55.8. The van der Waals surface area contributed by atoms with Crippen molar-refractivity contribution in [3.05, 3.63) is 0 Å². The number of carboxylic acids is 4. The molecule has 0 aromatic carbocycles. The average molecular weight is 382 g/mol. The molecule has 0 amide bonds. The predicted octanol–water partition coefficient (Wildman–Crippen LogP) is -3.36. The van der Waals surface area contributed by atoms with Crippen molar-refractivity contribution in [1.82, 2.24) is 0 Å². The minimum absolute atomic E-state index is 1.58. The lowest BCUT2D eigenvalue weighted by atomic mass is 9.64. The van der Waals surface area contributed by atoms with Crippen LogP contribution in [0.25, 0.3) is 0 Å². The van der Waals surface area contributed by atoms with Crippen molar-refractivity contribution >= 4 is 29.7 Å². The fourth-order valence-corrected chi connectivity index (χ4v) is 2.48. The van der Waals surface area contributed by atoms with Gasteiger partial charge < -0.3 is 40.9 Å². The molecule has 0 heterocycles. The number of hydrogen-bond acceptors (Lipinski definition) is 9. The lowest BCUT2D eigenvalue weighted by molar-refractivity contribution is -0.257. The maximum absolute atomic E-state index is 12.1. The Bertz CT molecular complexity index is 613. The van der Waals surface area contributed by atoms with Crippen molar-refractivity contribution in [1.29, 1.82) is 0 Å². The Hall–Kier alpha value is -2.61. The van der Waals surface area contributed by atoms with Gasteiger partial charge in [0.15, 0.2) is 11.4 Å². The van der Waals surface area contributed by atoms with Crippen molar-refractivity contribution in [3.8, 4) is 0 Å². The van der Waals surface area contributed by atoms with E-state index < -0.39 is 78.8 Å². The first-order valence-corrected chi connectivity index (χ1v) is 6.83. The number of rotatable bonds is 12. The molecule has 0 bridgehead atoms. The Kier molecular flexibility index (Phi) is 7.36. The zero-order chi connectivity index (χ0) is 20.9. The van der Waals surface area contributed by atoms with Crippen LogP contribution in [0.2, 0.25) is 0 Å². The molecular weight excluding hydrogens is 364 g/mol. The Morgan fingerprint density at radius 3 is 1.38 bits per heavy atom. The van der Waals surface area contributed by atoms with E-state index in [9.17, 15) is 44.4 Å². The summed E-state index contributed by atoms with van der Waals surface area (Å²) in [6.45, 7) is -1.70. The van der Waals surface area contributed by atoms with Crippen molar-refractivity contribution in [3.63, 3.8) is 0 Å². The third kappa shape index (κ3) is 4.72. The molecule has 0 unspecified atom stereocenters. The Balaban J connectivity index is 6.67. The van der Waals surface area contributed by atoms with Gasteiger partial charge in [0, 0.05) is 0 Å². The monoisotopic (exact) mass is 382 g/mol. The number of aliphatic carboxylic acids is 4. The third-order valence-corrected chi connectivity index (χ3v) is 3.75. The van der Waals surface area contributed by atoms with Crippen LogP contribution in [-0.2, 0) is 24.0 Å². The van der Waals surface area contributed by atoms with Gasteiger partial charge in [-0.2, -0.15) is 0 Å². The SMILES string of the molecule is O=C(O)CC(=O)[C@@](O)(CC(=O)O)[C@](O)(CC(=O)O)[C@](O)(CO)CC(=O)O. The van der Waals surface area contributed by atoms with E-state index in [2.05, 4.69) is 0 Å². The maximum atomic E-state index is 12.1. The van der Waals surface area contributed by atoms with Crippen LogP contribution in [0.4, 0.5) is 0 Å². The standard InChI is InChI=1S/C13H18O13/c14-5-11(24,2-8(18)19)13(26,4-10(22)23)12(25,3-9(20)21)6(15)1-7(16)17/h14,24-26H,1-5H2,(H,16,17)(H,18,19)(H,20,21)(H,22,23)/t11-,12+,13+/m1/s1. The van der Waals surface area contributed by atoms with Gasteiger partial charge in [0.2, 0.25) is 0 Å². The lowest BCUT2D eigenvalue weighted by Crippen LogP contribution is -2.73. The second-order valence-electron chi connectivity index (χ2n) is 5.62. The quantitative estimate of drug-likeness (QED) is 0.154. The smallest absolute Gasteiger partial charge is 0.310 e. The van der Waals surface area contributed by atoms with Crippen LogP contribution in [-0.4, -0.2) is 93.9 Å². The molecule has 26 heavy (non-hydrogen) atoms. The van der Waals surface area contributed by atoms with Gasteiger partial charge in [-0.1, -0.05) is 0 Å². The minimum Gasteiger partial charge on any atom is -0.481 e. The highest BCUT2D eigenvalue weighted by atomic mass is 16.4. The largest absolute Gasteiger partial charge is 0.481 e. The average Bonchev–Trinajstić information content (AvgIpc) is 2.43. The number of ketones is 1. The first-order chi connectivity index (χ1) is 11.6. The number of carbonyl (C=O) groups excluding carboxylic acids is 1. The second-order valence-corrected chi connectivity index (χ2v) is 5.62. The number of Topliss-reactive ketones (excluding diaryl/α,β-unsaturated/α-hetero) is 1. The highest BCUT2D eigenvalue weighted by Gasteiger charge is 2.67. The van der Waals surface area contributed by atoms with Crippen molar-refractivity contribution in [2.24, 2.45) is 0 Å². The molecule has 3 atom stereocenters. The molecule has 0 fully saturated rings. The molecule has 8 N–H and O–H groups in total. The topological polar surface area (TPSA) is 247 Å². The number of aliphatic hydroxyl groups excluding tert-OH is 1. The molecule has 0 saturated heterocycles. The number of carboxylic acid groups (broad SMARTS) is 4. The summed E-state index contributed by atoms with van der Waals surface area (Å²) in [7, 11) is 0. The minimum atomic E-state index is -3.76. The van der Waals surface area contributed by atoms with E-state index in [0.717, 1.165) is 0 Å². The molecule has 0 aliphatic rings. The molecule has 0 saturated carbocycles. The molecular formula is C13H18O13. The van der Waals surface area contributed by atoms with E-state index in [1.54, 1.807) is 0 Å². The Morgan fingerprint density at radius 2 is 1.08 bits per heavy atom. The normalized spacial score (nSPS) is 18.0. The van der Waals surface area contributed by atoms with Crippen molar-refractivity contribution < 1.29 is 64.8 Å². The molecule has 148 valence electrons. The fourth-order valence-electron chi connectivity index (χ4n) is 2.48. The summed E-state index contributed by atoms with van der Waals surface area (Å²) in [5, 5.41) is 75.9. The van der Waals surface area contributed by atoms with E-state index in [0.29, 0.717) is 0 Å². The van der Waals surface area contributed by atoms with Gasteiger partial charge in [-0.05, 0) is 0 Å². The molecule has 13 nitrogen and oxygen atoms in total. The summed E-state index contributed by atoms with van der Waals surface area (Å²) in [5.74, 6) is -9.73. The van der Waals surface area contributed by atoms with Gasteiger partial charge in [0.25, 0.3) is 0 Å². The molecule has 0 radical (unpaired) electrons. The zero-order valence-corrected chi connectivity index (χ0v) is 13.2. The van der Waals surface area contributed by atoms with Crippen LogP contribution < -0.4 is 0 Å². The van der Waals surface area contributed by atoms with Gasteiger partial charge in [-0.15, -0.1) is 0 Å². The van der Waals surface area contributed by atoms with Crippen molar-refractivity contribution in [2.45, 2.75) is 42.5 Å². The first-order valence-electron chi connectivity index (χ1n) is 6.83. The van der Waals surface area contributed by atoms with E-state index in [1.807, 2.05) is 0 Å². The van der Waals surface area contributed by atoms with Crippen LogP contribution in [0.15, 0.2) is 0 Å². The summed E-state index contributed by atoms with van der Waals surface area (Å²) in [5.41, 5.74) is -10.9. The van der Waals surface area contributed by atoms with E-state index >= 15 is 0 Å². The number of hydrogen-bond donors (Lipinski definition) is 8. The van der Waals surface area contributed by atoms with Crippen LogP contribution in [0.3, 0.4) is 0 Å². The van der Waals surface area contributed by atoms with E-state index in [-0.39, 0.29) is 0 Å². The first kappa shape index (κ1) is 23.4. The highest BCUT2D eigenvalue weighted by molar-refractivity contribution is 6.02. The van der Waals surface area contributed by atoms with Gasteiger partial charge >= 0.3 is 23.9 Å². The summed E-state index contributed by atoms with van der Waals surface area (Å²) in [6, 6.07) is 0. The zero-order valence-electron chi connectivity index (χ0n) is 13.2. The van der Waals surface area contributed by atoms with Crippen LogP contribution in [0.5, 0.6) is 0 Å². The van der Waals surface area contributed by atoms with Crippen LogP contribution >= 0.6 is 0 Å². The van der Waals surface area contributed by atoms with E-state index in [1.165, 1.54) is 0 Å².